The van der Waals surface area contributed by atoms with Crippen LogP contribution in [0.1, 0.15) is 5.56 Å². The zero-order valence-electron chi connectivity index (χ0n) is 15.6. The molecule has 4 rings (SSSR count). The first-order chi connectivity index (χ1) is 14.2. The molecule has 8 nitrogen and oxygen atoms in total. The SMILES string of the molecule is O=C(CSc1n[nH]c(=O)n1CCc1ccccc1)Nc1ccc2c(c1)OCCO2. The fourth-order valence-electron chi connectivity index (χ4n) is 2.94. The Morgan fingerprint density at radius 3 is 2.76 bits per heavy atom. The minimum Gasteiger partial charge on any atom is -0.486 e. The first kappa shape index (κ1) is 19.1. The lowest BCUT2D eigenvalue weighted by Crippen LogP contribution is -2.20. The highest BCUT2D eigenvalue weighted by Crippen LogP contribution is 2.32. The van der Waals surface area contributed by atoms with E-state index in [1.54, 1.807) is 22.8 Å². The second-order valence-corrected chi connectivity index (χ2v) is 7.34. The van der Waals surface area contributed by atoms with E-state index in [-0.39, 0.29) is 17.3 Å². The summed E-state index contributed by atoms with van der Waals surface area (Å²) in [5, 5.41) is 9.81. The third-order valence-electron chi connectivity index (χ3n) is 4.35. The number of nitrogens with zero attached hydrogens (tertiary/aromatic N) is 2. The van der Waals surface area contributed by atoms with Gasteiger partial charge in [-0.15, -0.1) is 5.10 Å². The molecular weight excluding hydrogens is 392 g/mol. The van der Waals surface area contributed by atoms with Crippen LogP contribution < -0.4 is 20.5 Å². The van der Waals surface area contributed by atoms with Crippen molar-refractivity contribution in [1.82, 2.24) is 14.8 Å². The Morgan fingerprint density at radius 1 is 1.14 bits per heavy atom. The van der Waals surface area contributed by atoms with Crippen molar-refractivity contribution >= 4 is 23.4 Å². The molecular formula is C20H20N4O4S. The lowest BCUT2D eigenvalue weighted by atomic mass is 10.1. The van der Waals surface area contributed by atoms with Gasteiger partial charge >= 0.3 is 5.69 Å². The molecule has 1 amide bonds. The van der Waals surface area contributed by atoms with Gasteiger partial charge in [-0.2, -0.15) is 0 Å². The van der Waals surface area contributed by atoms with Gasteiger partial charge in [0, 0.05) is 18.3 Å². The number of benzene rings is 2. The Labute approximate surface area is 171 Å². The molecule has 0 bridgehead atoms. The van der Waals surface area contributed by atoms with Gasteiger partial charge in [0.2, 0.25) is 5.91 Å². The number of aromatic nitrogens is 3. The van der Waals surface area contributed by atoms with Gasteiger partial charge in [-0.1, -0.05) is 42.1 Å². The fraction of sp³-hybridized carbons (Fsp3) is 0.250. The largest absolute Gasteiger partial charge is 0.486 e. The Morgan fingerprint density at radius 2 is 1.93 bits per heavy atom. The van der Waals surface area contributed by atoms with Crippen LogP contribution in [0.2, 0.25) is 0 Å². The summed E-state index contributed by atoms with van der Waals surface area (Å²) in [6, 6.07) is 15.2. The molecule has 1 aromatic heterocycles. The van der Waals surface area contributed by atoms with Gasteiger partial charge in [-0.3, -0.25) is 9.36 Å². The molecule has 29 heavy (non-hydrogen) atoms. The molecule has 2 heterocycles. The second-order valence-electron chi connectivity index (χ2n) is 6.39. The Bertz CT molecular complexity index is 1050. The smallest absolute Gasteiger partial charge is 0.343 e. The van der Waals surface area contributed by atoms with Gasteiger partial charge < -0.3 is 14.8 Å². The molecule has 2 aromatic carbocycles. The number of amides is 1. The molecule has 9 heteroatoms. The molecule has 0 spiro atoms. The van der Waals surface area contributed by atoms with Crippen LogP contribution in [0.3, 0.4) is 0 Å². The van der Waals surface area contributed by atoms with E-state index in [9.17, 15) is 9.59 Å². The van der Waals surface area contributed by atoms with Crippen molar-refractivity contribution < 1.29 is 14.3 Å². The molecule has 0 saturated heterocycles. The molecule has 0 saturated carbocycles. The maximum absolute atomic E-state index is 12.3. The van der Waals surface area contributed by atoms with E-state index in [0.717, 1.165) is 5.56 Å². The summed E-state index contributed by atoms with van der Waals surface area (Å²) in [5.41, 5.74) is 1.48. The second kappa shape index (κ2) is 8.87. The van der Waals surface area contributed by atoms with Crippen molar-refractivity contribution in [1.29, 1.82) is 0 Å². The third kappa shape index (κ3) is 4.80. The number of thioether (sulfide) groups is 1. The standard InChI is InChI=1S/C20H20N4O4S/c25-18(21-15-6-7-16-17(12-15)28-11-10-27-16)13-29-20-23-22-19(26)24(20)9-8-14-4-2-1-3-5-14/h1-7,12H,8-11,13H2,(H,21,25)(H,22,26). The lowest BCUT2D eigenvalue weighted by molar-refractivity contribution is -0.113. The van der Waals surface area contributed by atoms with E-state index >= 15 is 0 Å². The molecule has 0 unspecified atom stereocenters. The monoisotopic (exact) mass is 412 g/mol. The number of rotatable bonds is 7. The Kier molecular flexibility index (Phi) is 5.85. The van der Waals surface area contributed by atoms with Crippen LogP contribution in [0, 0.1) is 0 Å². The van der Waals surface area contributed by atoms with Gasteiger partial charge in [0.05, 0.1) is 5.75 Å². The minimum absolute atomic E-state index is 0.129. The van der Waals surface area contributed by atoms with Crippen LogP contribution in [-0.4, -0.2) is 39.6 Å². The Hall–Kier alpha value is -3.20. The van der Waals surface area contributed by atoms with Crippen molar-refractivity contribution in [2.75, 3.05) is 24.3 Å². The van der Waals surface area contributed by atoms with E-state index < -0.39 is 0 Å². The molecule has 1 aliphatic rings. The van der Waals surface area contributed by atoms with E-state index in [1.165, 1.54) is 11.8 Å². The molecule has 0 fully saturated rings. The highest BCUT2D eigenvalue weighted by atomic mass is 32.2. The zero-order valence-corrected chi connectivity index (χ0v) is 16.4. The first-order valence-corrected chi connectivity index (χ1v) is 10.2. The summed E-state index contributed by atoms with van der Waals surface area (Å²) < 4.78 is 12.5. The molecule has 150 valence electrons. The minimum atomic E-state index is -0.282. The van der Waals surface area contributed by atoms with E-state index in [0.29, 0.717) is 48.5 Å². The maximum Gasteiger partial charge on any atom is 0.343 e. The van der Waals surface area contributed by atoms with Gasteiger partial charge in [0.25, 0.3) is 0 Å². The normalized spacial score (nSPS) is 12.6. The predicted octanol–water partition coefficient (Wildman–Crippen LogP) is 2.32. The highest BCUT2D eigenvalue weighted by molar-refractivity contribution is 7.99. The van der Waals surface area contributed by atoms with Gasteiger partial charge in [0.15, 0.2) is 16.7 Å². The maximum atomic E-state index is 12.3. The molecule has 3 aromatic rings. The number of ether oxygens (including phenoxy) is 2. The molecule has 0 radical (unpaired) electrons. The number of fused-ring (bicyclic) bond motifs is 1. The number of hydrogen-bond acceptors (Lipinski definition) is 6. The highest BCUT2D eigenvalue weighted by Gasteiger charge is 2.14. The van der Waals surface area contributed by atoms with Crippen molar-refractivity contribution in [2.24, 2.45) is 0 Å². The summed E-state index contributed by atoms with van der Waals surface area (Å²) in [4.78, 5) is 24.4. The average molecular weight is 412 g/mol. The first-order valence-electron chi connectivity index (χ1n) is 9.20. The van der Waals surface area contributed by atoms with Crippen LogP contribution in [0.15, 0.2) is 58.5 Å². The fourth-order valence-corrected chi connectivity index (χ4v) is 3.72. The van der Waals surface area contributed by atoms with Crippen LogP contribution in [0.4, 0.5) is 5.69 Å². The van der Waals surface area contributed by atoms with Gasteiger partial charge in [-0.05, 0) is 24.1 Å². The molecule has 0 aliphatic carbocycles. The molecule has 0 atom stereocenters. The van der Waals surface area contributed by atoms with Crippen molar-refractivity contribution in [3.63, 3.8) is 0 Å². The van der Waals surface area contributed by atoms with Crippen LogP contribution >= 0.6 is 11.8 Å². The van der Waals surface area contributed by atoms with Crippen molar-refractivity contribution in [3.05, 3.63) is 64.6 Å². The van der Waals surface area contributed by atoms with E-state index in [4.69, 9.17) is 9.47 Å². The van der Waals surface area contributed by atoms with Crippen molar-refractivity contribution in [2.45, 2.75) is 18.1 Å². The number of carbonyl (C=O) groups is 1. The van der Waals surface area contributed by atoms with Gasteiger partial charge in [0.1, 0.15) is 13.2 Å². The van der Waals surface area contributed by atoms with Crippen LogP contribution in [-0.2, 0) is 17.8 Å². The molecule has 2 N–H and O–H groups in total. The number of aryl methyl sites for hydroxylation is 1. The summed E-state index contributed by atoms with van der Waals surface area (Å²) in [5.74, 6) is 1.22. The summed E-state index contributed by atoms with van der Waals surface area (Å²) in [6.07, 6.45) is 0.706. The van der Waals surface area contributed by atoms with Crippen LogP contribution in [0.5, 0.6) is 11.5 Å². The zero-order chi connectivity index (χ0) is 20.1. The van der Waals surface area contributed by atoms with Crippen LogP contribution in [0.25, 0.3) is 0 Å². The van der Waals surface area contributed by atoms with E-state index in [2.05, 4.69) is 15.5 Å². The topological polar surface area (TPSA) is 98.2 Å². The Balaban J connectivity index is 1.34. The van der Waals surface area contributed by atoms with Crippen molar-refractivity contribution in [3.8, 4) is 11.5 Å². The summed E-state index contributed by atoms with van der Waals surface area (Å²) in [7, 11) is 0. The number of aromatic amines is 1. The third-order valence-corrected chi connectivity index (χ3v) is 5.32. The van der Waals surface area contributed by atoms with Gasteiger partial charge in [-0.25, -0.2) is 9.89 Å². The number of nitrogens with one attached hydrogen (secondary N) is 2. The number of hydrogen-bond donors (Lipinski definition) is 2. The number of H-pyrrole nitrogens is 1. The summed E-state index contributed by atoms with van der Waals surface area (Å²) in [6.45, 7) is 1.50. The lowest BCUT2D eigenvalue weighted by Gasteiger charge is -2.18. The number of carbonyl (C=O) groups excluding carboxylic acids is 1. The predicted molar refractivity (Wildman–Crippen MR) is 110 cm³/mol. The molecule has 1 aliphatic heterocycles. The van der Waals surface area contributed by atoms with E-state index in [1.807, 2.05) is 30.3 Å². The summed E-state index contributed by atoms with van der Waals surface area (Å²) >= 11 is 1.21. The number of anilines is 1. The quantitative estimate of drug-likeness (QED) is 0.578. The average Bonchev–Trinajstić information content (AvgIpc) is 3.11.